The van der Waals surface area contributed by atoms with E-state index in [-0.39, 0.29) is 45.7 Å². The third-order valence-corrected chi connectivity index (χ3v) is 8.73. The van der Waals surface area contributed by atoms with Crippen LogP contribution in [0.2, 0.25) is 0 Å². The van der Waals surface area contributed by atoms with Crippen LogP contribution in [-0.4, -0.2) is 33.8 Å². The van der Waals surface area contributed by atoms with Crippen molar-refractivity contribution >= 4 is 33.9 Å². The van der Waals surface area contributed by atoms with Crippen LogP contribution in [0, 0.1) is 5.41 Å². The molecule has 0 radical (unpaired) electrons. The molecule has 0 saturated heterocycles. The van der Waals surface area contributed by atoms with E-state index in [4.69, 9.17) is 4.74 Å². The molecule has 0 spiro atoms. The lowest BCUT2D eigenvalue weighted by atomic mass is 9.54. The van der Waals surface area contributed by atoms with Gasteiger partial charge in [-0.2, -0.15) is 0 Å². The standard InChI is InChI=1S/C36H24O6/c1-35-33(40)25-18-10-11-19-26(25)34(41)36(35,32(39)22-14-6-3-7-15-22)20-27-28(29(37)21-12-4-2-5-13-21)30(38)23-16-8-9-17-24(23)31(27)42-35/h2-19,38H,20H2,1H3. The van der Waals surface area contributed by atoms with Gasteiger partial charge in [-0.05, 0) is 6.92 Å². The van der Waals surface area contributed by atoms with Gasteiger partial charge in [-0.15, -0.1) is 0 Å². The molecule has 0 fully saturated rings. The zero-order valence-electron chi connectivity index (χ0n) is 22.6. The predicted octanol–water partition coefficient (Wildman–Crippen LogP) is 6.42. The summed E-state index contributed by atoms with van der Waals surface area (Å²) < 4.78 is 6.65. The van der Waals surface area contributed by atoms with Crippen molar-refractivity contribution in [1.82, 2.24) is 0 Å². The van der Waals surface area contributed by atoms with E-state index in [1.54, 1.807) is 109 Å². The van der Waals surface area contributed by atoms with E-state index in [9.17, 15) is 24.3 Å². The zero-order valence-corrected chi connectivity index (χ0v) is 22.6. The fourth-order valence-electron chi connectivity index (χ4n) is 6.57. The number of aromatic hydroxyl groups is 1. The molecule has 5 aromatic rings. The molecule has 6 heteroatoms. The number of Topliss-reactive ketones (excluding diaryl/α,β-unsaturated/α-hetero) is 3. The maximum absolute atomic E-state index is 14.6. The molecule has 0 bridgehead atoms. The fourth-order valence-corrected chi connectivity index (χ4v) is 6.57. The number of carbonyl (C=O) groups excluding carboxylic acids is 4. The average molecular weight is 553 g/mol. The molecule has 1 aliphatic carbocycles. The third-order valence-electron chi connectivity index (χ3n) is 8.73. The van der Waals surface area contributed by atoms with Crippen molar-refractivity contribution in [2.24, 2.45) is 5.41 Å². The number of ether oxygens (including phenoxy) is 1. The summed E-state index contributed by atoms with van der Waals surface area (Å²) in [6, 6.07) is 30.1. The first-order valence-corrected chi connectivity index (χ1v) is 13.6. The summed E-state index contributed by atoms with van der Waals surface area (Å²) in [4.78, 5) is 57.7. The number of rotatable bonds is 4. The van der Waals surface area contributed by atoms with E-state index in [2.05, 4.69) is 0 Å². The molecule has 42 heavy (non-hydrogen) atoms. The minimum Gasteiger partial charge on any atom is -0.507 e. The molecule has 0 amide bonds. The Labute approximate surface area is 241 Å². The van der Waals surface area contributed by atoms with Gasteiger partial charge in [0.1, 0.15) is 16.9 Å². The Morgan fingerprint density at radius 1 is 0.690 bits per heavy atom. The largest absolute Gasteiger partial charge is 0.507 e. The van der Waals surface area contributed by atoms with Crippen LogP contribution < -0.4 is 4.74 Å². The summed E-state index contributed by atoms with van der Waals surface area (Å²) in [7, 11) is 0. The van der Waals surface area contributed by atoms with E-state index in [0.29, 0.717) is 16.3 Å². The Morgan fingerprint density at radius 3 is 1.86 bits per heavy atom. The quantitative estimate of drug-likeness (QED) is 0.204. The zero-order chi connectivity index (χ0) is 29.2. The monoisotopic (exact) mass is 552 g/mol. The summed E-state index contributed by atoms with van der Waals surface area (Å²) in [6.45, 7) is 1.49. The topological polar surface area (TPSA) is 97.7 Å². The van der Waals surface area contributed by atoms with Gasteiger partial charge in [-0.3, -0.25) is 19.2 Å². The van der Waals surface area contributed by atoms with Gasteiger partial charge in [0.05, 0.1) is 5.56 Å². The van der Waals surface area contributed by atoms with Gasteiger partial charge in [-0.25, -0.2) is 0 Å². The smallest absolute Gasteiger partial charge is 0.208 e. The molecule has 7 rings (SSSR count). The van der Waals surface area contributed by atoms with Crippen LogP contribution in [0.5, 0.6) is 11.5 Å². The maximum Gasteiger partial charge on any atom is 0.208 e. The minimum atomic E-state index is -2.05. The number of hydrogen-bond donors (Lipinski definition) is 1. The first kappa shape index (κ1) is 25.6. The molecule has 2 unspecified atom stereocenters. The fraction of sp³-hybridized carbons (Fsp3) is 0.111. The Morgan fingerprint density at radius 2 is 1.21 bits per heavy atom. The number of benzene rings is 5. The lowest BCUT2D eigenvalue weighted by Gasteiger charge is -2.51. The molecule has 0 saturated carbocycles. The first-order valence-electron chi connectivity index (χ1n) is 13.6. The van der Waals surface area contributed by atoms with Crippen LogP contribution in [0.1, 0.15) is 59.5 Å². The van der Waals surface area contributed by atoms with Crippen molar-refractivity contribution in [2.45, 2.75) is 18.9 Å². The van der Waals surface area contributed by atoms with E-state index in [1.165, 1.54) is 6.92 Å². The molecule has 2 atom stereocenters. The molecular weight excluding hydrogens is 528 g/mol. The molecule has 204 valence electrons. The summed E-state index contributed by atoms with van der Waals surface area (Å²) in [5.74, 6) is -2.22. The number of hydrogen-bond acceptors (Lipinski definition) is 6. The molecule has 2 aliphatic rings. The van der Waals surface area contributed by atoms with Gasteiger partial charge in [-0.1, -0.05) is 109 Å². The van der Waals surface area contributed by atoms with Crippen molar-refractivity contribution in [3.8, 4) is 11.5 Å². The summed E-state index contributed by atoms with van der Waals surface area (Å²) >= 11 is 0. The van der Waals surface area contributed by atoms with Gasteiger partial charge in [0, 0.05) is 45.0 Å². The van der Waals surface area contributed by atoms with Crippen LogP contribution in [0.3, 0.4) is 0 Å². The van der Waals surface area contributed by atoms with Gasteiger partial charge in [0.15, 0.2) is 23.0 Å². The number of carbonyl (C=O) groups is 4. The second-order valence-corrected chi connectivity index (χ2v) is 10.9. The first-order chi connectivity index (χ1) is 20.3. The Balaban J connectivity index is 1.59. The Hall–Kier alpha value is -5.36. The van der Waals surface area contributed by atoms with Crippen LogP contribution in [0.15, 0.2) is 109 Å². The number of phenols is 1. The number of fused-ring (bicyclic) bond motifs is 5. The second-order valence-electron chi connectivity index (χ2n) is 10.9. The van der Waals surface area contributed by atoms with Crippen LogP contribution in [-0.2, 0) is 6.42 Å². The van der Waals surface area contributed by atoms with Crippen LogP contribution in [0.4, 0.5) is 0 Å². The van der Waals surface area contributed by atoms with Crippen molar-refractivity contribution in [1.29, 1.82) is 0 Å². The third kappa shape index (κ3) is 3.26. The van der Waals surface area contributed by atoms with Gasteiger partial charge in [0.2, 0.25) is 5.78 Å². The molecule has 5 aromatic carbocycles. The summed E-state index contributed by atoms with van der Waals surface area (Å²) in [5, 5.41) is 12.4. The van der Waals surface area contributed by atoms with Crippen molar-refractivity contribution < 1.29 is 29.0 Å². The van der Waals surface area contributed by atoms with Crippen molar-refractivity contribution in [2.75, 3.05) is 0 Å². The number of ketones is 4. The normalized spacial score (nSPS) is 20.7. The van der Waals surface area contributed by atoms with Gasteiger partial charge >= 0.3 is 0 Å². The minimum absolute atomic E-state index is 0.0590. The number of phenolic OH excluding ortho intramolecular Hbond substituents is 1. The maximum atomic E-state index is 14.6. The molecule has 1 aliphatic heterocycles. The molecule has 1 heterocycles. The Kier molecular flexibility index (Phi) is 5.53. The second kappa shape index (κ2) is 9.08. The van der Waals surface area contributed by atoms with Crippen LogP contribution >= 0.6 is 0 Å². The summed E-state index contributed by atoms with van der Waals surface area (Å²) in [5.41, 5.74) is -2.99. The van der Waals surface area contributed by atoms with Crippen LogP contribution in [0.25, 0.3) is 10.8 Å². The van der Waals surface area contributed by atoms with E-state index in [0.717, 1.165) is 0 Å². The average Bonchev–Trinajstić information content (AvgIpc) is 3.04. The predicted molar refractivity (Wildman–Crippen MR) is 157 cm³/mol. The Bertz CT molecular complexity index is 1980. The highest BCUT2D eigenvalue weighted by Gasteiger charge is 2.69. The molecule has 0 aromatic heterocycles. The van der Waals surface area contributed by atoms with E-state index < -0.39 is 34.1 Å². The van der Waals surface area contributed by atoms with E-state index in [1.807, 2.05) is 0 Å². The highest BCUT2D eigenvalue weighted by atomic mass is 16.5. The SMILES string of the molecule is CC12Oc3c(c(C(=O)c4ccccc4)c(O)c4ccccc34)CC1(C(=O)c1ccccc1)C(=O)c1ccccc1C2=O. The van der Waals surface area contributed by atoms with Gasteiger partial charge < -0.3 is 9.84 Å². The van der Waals surface area contributed by atoms with Crippen molar-refractivity contribution in [3.63, 3.8) is 0 Å². The lowest BCUT2D eigenvalue weighted by molar-refractivity contribution is -0.0201. The molecule has 1 N–H and O–H groups in total. The highest BCUT2D eigenvalue weighted by Crippen LogP contribution is 2.57. The molecule has 6 nitrogen and oxygen atoms in total. The highest BCUT2D eigenvalue weighted by molar-refractivity contribution is 6.31. The van der Waals surface area contributed by atoms with E-state index >= 15 is 0 Å². The van der Waals surface area contributed by atoms with Gasteiger partial charge in [0.25, 0.3) is 0 Å². The molecular formula is C36H24O6. The van der Waals surface area contributed by atoms with Crippen molar-refractivity contribution in [3.05, 3.63) is 143 Å². The summed E-state index contributed by atoms with van der Waals surface area (Å²) in [6.07, 6.45) is -0.322. The lowest BCUT2D eigenvalue weighted by Crippen LogP contribution is -2.68.